The average molecular weight is 404 g/mol. The topological polar surface area (TPSA) is 91.4 Å². The highest BCUT2D eigenvalue weighted by Gasteiger charge is 2.09. The van der Waals surface area contributed by atoms with Crippen LogP contribution in [0.25, 0.3) is 33.8 Å². The number of rotatable bonds is 3. The third-order valence-electron chi connectivity index (χ3n) is 3.92. The van der Waals surface area contributed by atoms with E-state index in [2.05, 4.69) is 15.0 Å². The van der Waals surface area contributed by atoms with E-state index in [0.29, 0.717) is 17.1 Å². The first-order valence-corrected chi connectivity index (χ1v) is 7.68. The fourth-order valence-electron chi connectivity index (χ4n) is 2.65. The molecule has 0 amide bonds. The summed E-state index contributed by atoms with van der Waals surface area (Å²) in [6, 6.07) is 17.2. The van der Waals surface area contributed by atoms with Crippen LogP contribution < -0.4 is 5.73 Å². The Morgan fingerprint density at radius 2 is 1.63 bits per heavy atom. The summed E-state index contributed by atoms with van der Waals surface area (Å²) in [7, 11) is 0. The number of hydrogen-bond donors (Lipinski definition) is 3. The highest BCUT2D eigenvalue weighted by atomic mass is 35.5. The van der Waals surface area contributed by atoms with Crippen LogP contribution in [0.1, 0.15) is 5.56 Å². The minimum absolute atomic E-state index is 0. The van der Waals surface area contributed by atoms with Gasteiger partial charge in [0.05, 0.1) is 16.7 Å². The van der Waals surface area contributed by atoms with Crippen LogP contribution in [0.5, 0.6) is 0 Å². The van der Waals surface area contributed by atoms with Gasteiger partial charge in [0, 0.05) is 11.1 Å². The fourth-order valence-corrected chi connectivity index (χ4v) is 2.65. The molecule has 0 aliphatic rings. The number of H-pyrrole nitrogens is 1. The van der Waals surface area contributed by atoms with Crippen molar-refractivity contribution in [2.75, 3.05) is 0 Å². The first-order valence-electron chi connectivity index (χ1n) is 7.68. The molecule has 0 bridgehead atoms. The van der Waals surface area contributed by atoms with E-state index in [1.807, 2.05) is 24.3 Å². The molecule has 0 aliphatic carbocycles. The summed E-state index contributed by atoms with van der Waals surface area (Å²) in [5.74, 6) is 0.354. The molecule has 2 aromatic carbocycles. The van der Waals surface area contributed by atoms with Crippen molar-refractivity contribution in [2.45, 2.75) is 0 Å². The van der Waals surface area contributed by atoms with Crippen LogP contribution in [0.3, 0.4) is 0 Å². The number of aromatic nitrogens is 3. The Morgan fingerprint density at radius 3 is 2.33 bits per heavy atom. The third-order valence-corrected chi connectivity index (χ3v) is 3.92. The van der Waals surface area contributed by atoms with Gasteiger partial charge in [-0.2, -0.15) is 0 Å². The van der Waals surface area contributed by atoms with E-state index in [4.69, 9.17) is 11.1 Å². The average Bonchev–Trinajstić information content (AvgIpc) is 3.05. The molecule has 27 heavy (non-hydrogen) atoms. The number of nitrogens with one attached hydrogen (secondary N) is 2. The molecule has 0 aliphatic heterocycles. The van der Waals surface area contributed by atoms with Crippen molar-refractivity contribution in [1.29, 1.82) is 5.41 Å². The third kappa shape index (κ3) is 4.07. The van der Waals surface area contributed by atoms with Gasteiger partial charge in [0.1, 0.15) is 17.3 Å². The van der Waals surface area contributed by atoms with Crippen molar-refractivity contribution in [3.63, 3.8) is 0 Å². The van der Waals surface area contributed by atoms with Gasteiger partial charge in [0.15, 0.2) is 5.82 Å². The van der Waals surface area contributed by atoms with Gasteiger partial charge in [-0.3, -0.25) is 5.41 Å². The maximum atomic E-state index is 13.1. The van der Waals surface area contributed by atoms with Crippen molar-refractivity contribution in [2.24, 2.45) is 5.73 Å². The second-order valence-corrected chi connectivity index (χ2v) is 5.65. The van der Waals surface area contributed by atoms with E-state index in [-0.39, 0.29) is 36.5 Å². The monoisotopic (exact) mass is 403 g/mol. The second-order valence-electron chi connectivity index (χ2n) is 5.65. The first-order chi connectivity index (χ1) is 12.1. The molecular formula is C19H16Cl2FN5. The Morgan fingerprint density at radius 1 is 0.926 bits per heavy atom. The van der Waals surface area contributed by atoms with Crippen LogP contribution in [0.4, 0.5) is 4.39 Å². The molecule has 2 aromatic heterocycles. The predicted molar refractivity (Wildman–Crippen MR) is 110 cm³/mol. The van der Waals surface area contributed by atoms with Gasteiger partial charge in [-0.1, -0.05) is 6.07 Å². The van der Waals surface area contributed by atoms with Crippen LogP contribution in [0.2, 0.25) is 0 Å². The summed E-state index contributed by atoms with van der Waals surface area (Å²) in [6.07, 6.45) is 0. The minimum atomic E-state index is -0.279. The molecule has 138 valence electrons. The van der Waals surface area contributed by atoms with Crippen LogP contribution in [-0.2, 0) is 0 Å². The maximum absolute atomic E-state index is 13.1. The van der Waals surface area contributed by atoms with Gasteiger partial charge in [-0.05, 0) is 54.6 Å². The summed E-state index contributed by atoms with van der Waals surface area (Å²) < 4.78 is 13.1. The first kappa shape index (κ1) is 20.4. The molecule has 0 unspecified atom stereocenters. The number of fused-ring (bicyclic) bond motifs is 1. The lowest BCUT2D eigenvalue weighted by molar-refractivity contribution is 0.628. The van der Waals surface area contributed by atoms with Gasteiger partial charge >= 0.3 is 0 Å². The minimum Gasteiger partial charge on any atom is -0.384 e. The molecule has 2 heterocycles. The molecule has 0 saturated heterocycles. The van der Waals surface area contributed by atoms with E-state index >= 15 is 0 Å². The second kappa shape index (κ2) is 8.16. The molecule has 0 atom stereocenters. The van der Waals surface area contributed by atoms with Gasteiger partial charge in [0.25, 0.3) is 0 Å². The molecule has 0 spiro atoms. The SMILES string of the molecule is Cl.Cl.N=C(N)c1ccc2nc(-c3cccc(-c4ccc(F)cc4)n3)[nH]c2c1. The molecule has 4 rings (SSSR count). The van der Waals surface area contributed by atoms with Crippen molar-refractivity contribution < 1.29 is 4.39 Å². The number of halogens is 3. The highest BCUT2D eigenvalue weighted by molar-refractivity contribution is 5.98. The lowest BCUT2D eigenvalue weighted by Gasteiger charge is -2.03. The van der Waals surface area contributed by atoms with Crippen molar-refractivity contribution in [3.8, 4) is 22.8 Å². The summed E-state index contributed by atoms with van der Waals surface area (Å²) >= 11 is 0. The van der Waals surface area contributed by atoms with Gasteiger partial charge in [-0.25, -0.2) is 14.4 Å². The van der Waals surface area contributed by atoms with Gasteiger partial charge in [-0.15, -0.1) is 24.8 Å². The van der Waals surface area contributed by atoms with E-state index in [9.17, 15) is 4.39 Å². The zero-order valence-corrected chi connectivity index (χ0v) is 15.6. The number of nitrogens with zero attached hydrogens (tertiary/aromatic N) is 2. The predicted octanol–water partition coefficient (Wildman–Crippen LogP) is 4.56. The Bertz CT molecular complexity index is 1090. The Kier molecular flexibility index (Phi) is 6.15. The zero-order chi connectivity index (χ0) is 17.4. The van der Waals surface area contributed by atoms with Crippen LogP contribution in [0, 0.1) is 11.2 Å². The molecular weight excluding hydrogens is 388 g/mol. The van der Waals surface area contributed by atoms with Crippen molar-refractivity contribution in [3.05, 3.63) is 72.0 Å². The number of nitrogen functional groups attached to an aromatic ring is 1. The number of imidazole rings is 1. The van der Waals surface area contributed by atoms with E-state index in [0.717, 1.165) is 22.3 Å². The molecule has 5 nitrogen and oxygen atoms in total. The quantitative estimate of drug-likeness (QED) is 0.345. The Hall–Kier alpha value is -2.96. The maximum Gasteiger partial charge on any atom is 0.157 e. The standard InChI is InChI=1S/C19H14FN5.2ClH/c20-13-7-4-11(5-8-13)14-2-1-3-16(23-14)19-24-15-9-6-12(18(21)22)10-17(15)25-19;;/h1-10H,(H3,21,22)(H,24,25);2*1H. The normalized spacial score (nSPS) is 10.1. The summed E-state index contributed by atoms with van der Waals surface area (Å²) in [4.78, 5) is 12.4. The van der Waals surface area contributed by atoms with Crippen molar-refractivity contribution >= 4 is 41.7 Å². The van der Waals surface area contributed by atoms with Gasteiger partial charge < -0.3 is 10.7 Å². The van der Waals surface area contributed by atoms with E-state index < -0.39 is 0 Å². The summed E-state index contributed by atoms with van der Waals surface area (Å²) in [5, 5.41) is 7.52. The van der Waals surface area contributed by atoms with E-state index in [1.165, 1.54) is 12.1 Å². The number of hydrogen-bond acceptors (Lipinski definition) is 3. The smallest absolute Gasteiger partial charge is 0.157 e. The van der Waals surface area contributed by atoms with Crippen LogP contribution in [-0.4, -0.2) is 20.8 Å². The fraction of sp³-hybridized carbons (Fsp3) is 0. The van der Waals surface area contributed by atoms with Gasteiger partial charge in [0.2, 0.25) is 0 Å². The number of aromatic amines is 1. The van der Waals surface area contributed by atoms with Crippen molar-refractivity contribution in [1.82, 2.24) is 15.0 Å². The molecule has 0 fully saturated rings. The lowest BCUT2D eigenvalue weighted by atomic mass is 10.1. The highest BCUT2D eigenvalue weighted by Crippen LogP contribution is 2.23. The number of benzene rings is 2. The zero-order valence-electron chi connectivity index (χ0n) is 13.9. The number of pyridine rings is 1. The Labute approximate surface area is 167 Å². The summed E-state index contributed by atoms with van der Waals surface area (Å²) in [5.41, 5.74) is 9.98. The lowest BCUT2D eigenvalue weighted by Crippen LogP contribution is -2.10. The molecule has 0 saturated carbocycles. The largest absolute Gasteiger partial charge is 0.384 e. The molecule has 0 radical (unpaired) electrons. The number of amidine groups is 1. The molecule has 4 aromatic rings. The number of nitrogens with two attached hydrogens (primary N) is 1. The van der Waals surface area contributed by atoms with Crippen LogP contribution in [0.15, 0.2) is 60.7 Å². The van der Waals surface area contributed by atoms with Crippen LogP contribution >= 0.6 is 24.8 Å². The molecule has 8 heteroatoms. The Balaban J connectivity index is 0.00000131. The van der Waals surface area contributed by atoms with E-state index in [1.54, 1.807) is 24.3 Å². The summed E-state index contributed by atoms with van der Waals surface area (Å²) in [6.45, 7) is 0. The molecule has 4 N–H and O–H groups in total.